The Kier molecular flexibility index (Phi) is 5.46. The zero-order valence-electron chi connectivity index (χ0n) is 12.5. The Bertz CT molecular complexity index is 211. The van der Waals surface area contributed by atoms with Gasteiger partial charge in [0, 0.05) is 18.1 Å². The summed E-state index contributed by atoms with van der Waals surface area (Å²) < 4.78 is 0. The van der Waals surface area contributed by atoms with E-state index in [1.807, 2.05) is 0 Å². The molecule has 17 heavy (non-hydrogen) atoms. The highest BCUT2D eigenvalue weighted by atomic mass is 15.2. The van der Waals surface area contributed by atoms with Crippen LogP contribution in [0, 0.1) is 5.41 Å². The van der Waals surface area contributed by atoms with Crippen LogP contribution in [0.1, 0.15) is 66.7 Å². The fourth-order valence-electron chi connectivity index (χ4n) is 3.68. The molecule has 0 spiro atoms. The molecule has 102 valence electrons. The molecule has 2 nitrogen and oxygen atoms in total. The van der Waals surface area contributed by atoms with Gasteiger partial charge in [-0.25, -0.2) is 0 Å². The Balaban J connectivity index is 2.80. The SMILES string of the molecule is CCN(C1CCCCC1)C(C(C)N)C(C)(C)C. The molecule has 2 heteroatoms. The molecule has 0 aromatic heterocycles. The van der Waals surface area contributed by atoms with Crippen LogP contribution in [-0.4, -0.2) is 29.6 Å². The van der Waals surface area contributed by atoms with Crippen molar-refractivity contribution >= 4 is 0 Å². The van der Waals surface area contributed by atoms with Crippen molar-refractivity contribution in [3.05, 3.63) is 0 Å². The fraction of sp³-hybridized carbons (Fsp3) is 1.00. The van der Waals surface area contributed by atoms with E-state index in [-0.39, 0.29) is 11.5 Å². The monoisotopic (exact) mass is 240 g/mol. The second-order valence-corrected chi connectivity index (χ2v) is 6.79. The molecule has 1 rings (SSSR count). The van der Waals surface area contributed by atoms with Gasteiger partial charge in [0.05, 0.1) is 0 Å². The molecular weight excluding hydrogens is 208 g/mol. The standard InChI is InChI=1S/C15H32N2/c1-6-17(13-10-8-7-9-11-13)14(12(2)16)15(3,4)5/h12-14H,6-11,16H2,1-5H3. The van der Waals surface area contributed by atoms with Gasteiger partial charge in [-0.3, -0.25) is 4.90 Å². The van der Waals surface area contributed by atoms with Crippen molar-refractivity contribution in [1.82, 2.24) is 4.90 Å². The summed E-state index contributed by atoms with van der Waals surface area (Å²) in [4.78, 5) is 2.68. The van der Waals surface area contributed by atoms with Gasteiger partial charge in [-0.2, -0.15) is 0 Å². The first kappa shape index (κ1) is 15.0. The molecule has 0 aromatic rings. The van der Waals surface area contributed by atoms with E-state index in [0.29, 0.717) is 6.04 Å². The van der Waals surface area contributed by atoms with Crippen molar-refractivity contribution in [2.45, 2.75) is 84.8 Å². The molecule has 0 aliphatic heterocycles. The molecular formula is C15H32N2. The summed E-state index contributed by atoms with van der Waals surface area (Å²) in [5, 5.41) is 0. The minimum Gasteiger partial charge on any atom is -0.327 e. The van der Waals surface area contributed by atoms with Crippen LogP contribution in [0.2, 0.25) is 0 Å². The lowest BCUT2D eigenvalue weighted by molar-refractivity contribution is 0.0336. The number of rotatable bonds is 4. The van der Waals surface area contributed by atoms with E-state index in [9.17, 15) is 0 Å². The van der Waals surface area contributed by atoms with Crippen LogP contribution in [0.25, 0.3) is 0 Å². The van der Waals surface area contributed by atoms with Gasteiger partial charge in [-0.15, -0.1) is 0 Å². The Hall–Kier alpha value is -0.0800. The number of likely N-dealkylation sites (N-methyl/N-ethyl adjacent to an activating group) is 1. The molecule has 0 amide bonds. The second kappa shape index (κ2) is 6.19. The topological polar surface area (TPSA) is 29.3 Å². The van der Waals surface area contributed by atoms with E-state index in [1.165, 1.54) is 32.1 Å². The fourth-order valence-corrected chi connectivity index (χ4v) is 3.68. The largest absolute Gasteiger partial charge is 0.327 e. The van der Waals surface area contributed by atoms with E-state index >= 15 is 0 Å². The van der Waals surface area contributed by atoms with Crippen LogP contribution < -0.4 is 5.73 Å². The maximum atomic E-state index is 6.26. The third-order valence-electron chi connectivity index (χ3n) is 4.15. The summed E-state index contributed by atoms with van der Waals surface area (Å²) in [5.41, 5.74) is 6.53. The molecule has 2 atom stereocenters. The van der Waals surface area contributed by atoms with Crippen molar-refractivity contribution in [3.8, 4) is 0 Å². The highest BCUT2D eigenvalue weighted by Crippen LogP contribution is 2.32. The summed E-state index contributed by atoms with van der Waals surface area (Å²) in [7, 11) is 0. The smallest absolute Gasteiger partial charge is 0.0295 e. The van der Waals surface area contributed by atoms with Crippen molar-refractivity contribution in [1.29, 1.82) is 0 Å². The molecule has 0 radical (unpaired) electrons. The third-order valence-corrected chi connectivity index (χ3v) is 4.15. The van der Waals surface area contributed by atoms with E-state index in [0.717, 1.165) is 12.6 Å². The zero-order chi connectivity index (χ0) is 13.1. The number of nitrogens with zero attached hydrogens (tertiary/aromatic N) is 1. The summed E-state index contributed by atoms with van der Waals surface area (Å²) in [6, 6.07) is 1.51. The van der Waals surface area contributed by atoms with E-state index in [2.05, 4.69) is 39.5 Å². The first-order valence-corrected chi connectivity index (χ1v) is 7.39. The minimum atomic E-state index is 0.247. The van der Waals surface area contributed by atoms with E-state index < -0.39 is 0 Å². The van der Waals surface area contributed by atoms with Crippen molar-refractivity contribution in [2.75, 3.05) is 6.54 Å². The van der Waals surface area contributed by atoms with Crippen LogP contribution in [0.3, 0.4) is 0 Å². The zero-order valence-corrected chi connectivity index (χ0v) is 12.5. The summed E-state index contributed by atoms with van der Waals surface area (Å²) in [6.45, 7) is 12.6. The van der Waals surface area contributed by atoms with Gasteiger partial charge in [0.15, 0.2) is 0 Å². The predicted molar refractivity (Wildman–Crippen MR) is 76.1 cm³/mol. The predicted octanol–water partition coefficient (Wildman–Crippen LogP) is 3.40. The summed E-state index contributed by atoms with van der Waals surface area (Å²) >= 11 is 0. The van der Waals surface area contributed by atoms with Crippen LogP contribution in [0.15, 0.2) is 0 Å². The van der Waals surface area contributed by atoms with Gasteiger partial charge in [-0.1, -0.05) is 47.0 Å². The number of nitrogens with two attached hydrogens (primary N) is 1. The summed E-state index contributed by atoms with van der Waals surface area (Å²) in [6.07, 6.45) is 6.96. The number of hydrogen-bond acceptors (Lipinski definition) is 2. The molecule has 0 aromatic carbocycles. The summed E-state index contributed by atoms with van der Waals surface area (Å²) in [5.74, 6) is 0. The normalized spacial score (nSPS) is 22.8. The van der Waals surface area contributed by atoms with Crippen molar-refractivity contribution < 1.29 is 0 Å². The molecule has 0 saturated heterocycles. The molecule has 1 aliphatic rings. The highest BCUT2D eigenvalue weighted by Gasteiger charge is 2.36. The molecule has 1 saturated carbocycles. The average molecular weight is 240 g/mol. The van der Waals surface area contributed by atoms with E-state index in [1.54, 1.807) is 0 Å². The molecule has 0 heterocycles. The van der Waals surface area contributed by atoms with Gasteiger partial charge in [0.2, 0.25) is 0 Å². The first-order chi connectivity index (χ1) is 7.88. The third kappa shape index (κ3) is 3.96. The highest BCUT2D eigenvalue weighted by molar-refractivity contribution is 4.92. The molecule has 2 unspecified atom stereocenters. The Morgan fingerprint density at radius 3 is 2.06 bits per heavy atom. The van der Waals surface area contributed by atoms with Crippen LogP contribution in [-0.2, 0) is 0 Å². The maximum Gasteiger partial charge on any atom is 0.0295 e. The number of hydrogen-bond donors (Lipinski definition) is 1. The van der Waals surface area contributed by atoms with E-state index in [4.69, 9.17) is 5.73 Å². The lowest BCUT2D eigenvalue weighted by Crippen LogP contribution is -2.57. The Morgan fingerprint density at radius 1 is 1.18 bits per heavy atom. The van der Waals surface area contributed by atoms with Gasteiger partial charge >= 0.3 is 0 Å². The van der Waals surface area contributed by atoms with Crippen LogP contribution in [0.4, 0.5) is 0 Å². The van der Waals surface area contributed by atoms with Gasteiger partial charge in [0.1, 0.15) is 0 Å². The molecule has 0 bridgehead atoms. The Labute approximate surface area is 108 Å². The maximum absolute atomic E-state index is 6.26. The lowest BCUT2D eigenvalue weighted by Gasteiger charge is -2.47. The first-order valence-electron chi connectivity index (χ1n) is 7.39. The van der Waals surface area contributed by atoms with Gasteiger partial charge < -0.3 is 5.73 Å². The molecule has 1 aliphatic carbocycles. The average Bonchev–Trinajstić information content (AvgIpc) is 2.24. The van der Waals surface area contributed by atoms with Gasteiger partial charge in [-0.05, 0) is 31.7 Å². The van der Waals surface area contributed by atoms with Crippen molar-refractivity contribution in [2.24, 2.45) is 11.1 Å². The lowest BCUT2D eigenvalue weighted by atomic mass is 9.80. The minimum absolute atomic E-state index is 0.247. The Morgan fingerprint density at radius 2 is 1.71 bits per heavy atom. The molecule has 2 N–H and O–H groups in total. The van der Waals surface area contributed by atoms with Crippen LogP contribution in [0.5, 0.6) is 0 Å². The second-order valence-electron chi connectivity index (χ2n) is 6.79. The molecule has 1 fully saturated rings. The van der Waals surface area contributed by atoms with Gasteiger partial charge in [0.25, 0.3) is 0 Å². The van der Waals surface area contributed by atoms with Crippen LogP contribution >= 0.6 is 0 Å². The quantitative estimate of drug-likeness (QED) is 0.816. The van der Waals surface area contributed by atoms with Crippen molar-refractivity contribution in [3.63, 3.8) is 0 Å².